The quantitative estimate of drug-likeness (QED) is 0.457. The van der Waals surface area contributed by atoms with E-state index in [4.69, 9.17) is 5.73 Å². The van der Waals surface area contributed by atoms with Crippen LogP contribution in [-0.2, 0) is 23.1 Å². The monoisotopic (exact) mass is 525 g/mol. The van der Waals surface area contributed by atoms with Crippen LogP contribution in [0, 0.1) is 24.5 Å². The van der Waals surface area contributed by atoms with Gasteiger partial charge in [-0.25, -0.2) is 23.5 Å². The Morgan fingerprint density at radius 3 is 2.58 bits per heavy atom. The lowest BCUT2D eigenvalue weighted by Gasteiger charge is -2.45. The zero-order valence-electron chi connectivity index (χ0n) is 21.5. The van der Waals surface area contributed by atoms with Gasteiger partial charge in [0.25, 0.3) is 5.91 Å². The van der Waals surface area contributed by atoms with Gasteiger partial charge in [0.1, 0.15) is 11.9 Å². The van der Waals surface area contributed by atoms with Gasteiger partial charge in [0, 0.05) is 32.7 Å². The molecule has 3 aromatic rings. The number of β-lactam (4-membered cyclic amide) rings is 1. The van der Waals surface area contributed by atoms with Crippen LogP contribution in [0.15, 0.2) is 42.9 Å². The number of amides is 4. The Morgan fingerprint density at radius 2 is 1.95 bits per heavy atom. The summed E-state index contributed by atoms with van der Waals surface area (Å²) in [5, 5.41) is 2.72. The molecule has 1 aliphatic heterocycles. The maximum atomic E-state index is 14.2. The summed E-state index contributed by atoms with van der Waals surface area (Å²) < 4.78 is 29.5. The SMILES string of the molecule is CCC(NC(=O)N1C(=O)[C@H](Cc2ccnc(N)c2)[C@H]1C(=O)N(C)c1nccn1C)c1ccc(F)c(F)c1C. The standard InChI is InChI=1S/C26H29F2N7O3/c1-5-19(16-6-7-18(27)21(28)14(16)2)32-26(38)35-22(24(37)34(4)25-31-10-11-33(25)3)17(23(35)36)12-15-8-9-30-20(29)13-15/h6-11,13,17,19,22H,5,12H2,1-4H3,(H2,29,30)(H,32,38)/t17-,19?,22+/m1/s1. The minimum atomic E-state index is -1.12. The number of aryl methyl sites for hydroxylation is 1. The van der Waals surface area contributed by atoms with Crippen LogP contribution in [0.4, 0.5) is 25.3 Å². The predicted octanol–water partition coefficient (Wildman–Crippen LogP) is 2.88. The van der Waals surface area contributed by atoms with Crippen LogP contribution < -0.4 is 16.0 Å². The second-order valence-corrected chi connectivity index (χ2v) is 9.27. The van der Waals surface area contributed by atoms with E-state index in [2.05, 4.69) is 15.3 Å². The number of rotatable bonds is 7. The number of hydrogen-bond donors (Lipinski definition) is 2. The molecule has 0 bridgehead atoms. The number of aromatic nitrogens is 3. The van der Waals surface area contributed by atoms with Crippen molar-refractivity contribution in [3.63, 3.8) is 0 Å². The topological polar surface area (TPSA) is 126 Å². The summed E-state index contributed by atoms with van der Waals surface area (Å²) >= 11 is 0. The average Bonchev–Trinajstić information content (AvgIpc) is 3.32. The largest absolute Gasteiger partial charge is 0.384 e. The third-order valence-corrected chi connectivity index (χ3v) is 6.88. The first-order chi connectivity index (χ1) is 18.0. The van der Waals surface area contributed by atoms with Crippen molar-refractivity contribution in [1.29, 1.82) is 0 Å². The summed E-state index contributed by atoms with van der Waals surface area (Å²) in [4.78, 5) is 50.6. The molecule has 0 aliphatic carbocycles. The van der Waals surface area contributed by atoms with Gasteiger partial charge in [0.05, 0.1) is 12.0 Å². The van der Waals surface area contributed by atoms with Crippen LogP contribution in [0.5, 0.6) is 0 Å². The third kappa shape index (κ3) is 4.81. The number of imidazole rings is 1. The number of nitrogens with zero attached hydrogens (tertiary/aromatic N) is 5. The number of urea groups is 1. The van der Waals surface area contributed by atoms with Gasteiger partial charge in [-0.3, -0.25) is 19.4 Å². The van der Waals surface area contributed by atoms with Gasteiger partial charge in [-0.2, -0.15) is 0 Å². The Morgan fingerprint density at radius 1 is 1.21 bits per heavy atom. The van der Waals surface area contributed by atoms with Crippen LogP contribution in [-0.4, -0.2) is 50.4 Å². The smallest absolute Gasteiger partial charge is 0.325 e. The maximum absolute atomic E-state index is 14.2. The fourth-order valence-electron chi connectivity index (χ4n) is 4.77. The number of likely N-dealkylation sites (N-methyl/N-ethyl adjacent to an activating group) is 1. The molecule has 2 aromatic heterocycles. The molecule has 12 heteroatoms. The lowest BCUT2D eigenvalue weighted by molar-refractivity contribution is -0.156. The molecule has 0 spiro atoms. The minimum absolute atomic E-state index is 0.0578. The Balaban J connectivity index is 1.63. The van der Waals surface area contributed by atoms with E-state index in [0.29, 0.717) is 23.5 Å². The summed E-state index contributed by atoms with van der Waals surface area (Å²) in [6, 6.07) is 3.05. The second kappa shape index (κ2) is 10.6. The molecule has 3 heterocycles. The number of halogens is 2. The van der Waals surface area contributed by atoms with E-state index >= 15 is 0 Å². The summed E-state index contributed by atoms with van der Waals surface area (Å²) in [6.45, 7) is 3.18. The third-order valence-electron chi connectivity index (χ3n) is 6.88. The fourth-order valence-corrected chi connectivity index (χ4v) is 4.77. The summed E-state index contributed by atoms with van der Waals surface area (Å²) in [5.41, 5.74) is 6.91. The second-order valence-electron chi connectivity index (χ2n) is 9.27. The Hall–Kier alpha value is -4.35. The van der Waals surface area contributed by atoms with E-state index in [1.54, 1.807) is 36.9 Å². The summed E-state index contributed by atoms with van der Waals surface area (Å²) in [5.74, 6) is -3.26. The lowest BCUT2D eigenvalue weighted by Crippen LogP contribution is -2.70. The highest BCUT2D eigenvalue weighted by molar-refractivity contribution is 6.12. The first-order valence-corrected chi connectivity index (χ1v) is 12.1. The van der Waals surface area contributed by atoms with Gasteiger partial charge >= 0.3 is 6.03 Å². The fraction of sp³-hybridized carbons (Fsp3) is 0.346. The van der Waals surface area contributed by atoms with Crippen LogP contribution >= 0.6 is 0 Å². The van der Waals surface area contributed by atoms with E-state index < -0.39 is 47.5 Å². The molecule has 0 radical (unpaired) electrons. The molecular weight excluding hydrogens is 496 g/mol. The number of pyridine rings is 1. The molecule has 1 unspecified atom stereocenters. The molecule has 1 aliphatic rings. The predicted molar refractivity (Wildman–Crippen MR) is 136 cm³/mol. The first-order valence-electron chi connectivity index (χ1n) is 12.1. The summed E-state index contributed by atoms with van der Waals surface area (Å²) in [7, 11) is 3.24. The average molecular weight is 526 g/mol. The van der Waals surface area contributed by atoms with Crippen LogP contribution in [0.2, 0.25) is 0 Å². The van der Waals surface area contributed by atoms with Crippen molar-refractivity contribution in [2.75, 3.05) is 17.7 Å². The number of nitrogens with two attached hydrogens (primary N) is 1. The molecule has 1 saturated heterocycles. The molecule has 4 rings (SSSR count). The number of anilines is 2. The van der Waals surface area contributed by atoms with E-state index in [9.17, 15) is 23.2 Å². The van der Waals surface area contributed by atoms with Crippen molar-refractivity contribution in [1.82, 2.24) is 24.8 Å². The number of nitrogens with one attached hydrogen (secondary N) is 1. The van der Waals surface area contributed by atoms with Crippen molar-refractivity contribution >= 4 is 29.6 Å². The van der Waals surface area contributed by atoms with Gasteiger partial charge in [0.15, 0.2) is 11.6 Å². The minimum Gasteiger partial charge on any atom is -0.384 e. The molecule has 200 valence electrons. The number of imide groups is 1. The van der Waals surface area contributed by atoms with E-state index in [0.717, 1.165) is 11.0 Å². The van der Waals surface area contributed by atoms with Crippen molar-refractivity contribution in [3.8, 4) is 0 Å². The Bertz CT molecular complexity index is 1390. The Labute approximate surface area is 218 Å². The normalized spacial score (nSPS) is 17.6. The molecule has 3 N–H and O–H groups in total. The number of likely N-dealkylation sites (tertiary alicyclic amines) is 1. The summed E-state index contributed by atoms with van der Waals surface area (Å²) in [6.07, 6.45) is 5.21. The highest BCUT2D eigenvalue weighted by Crippen LogP contribution is 2.33. The number of benzene rings is 1. The zero-order valence-corrected chi connectivity index (χ0v) is 21.5. The van der Waals surface area contributed by atoms with Crippen molar-refractivity contribution in [2.24, 2.45) is 13.0 Å². The number of carbonyl (C=O) groups is 3. The van der Waals surface area contributed by atoms with Gasteiger partial charge < -0.3 is 15.6 Å². The van der Waals surface area contributed by atoms with Crippen molar-refractivity contribution in [3.05, 3.63) is 71.2 Å². The van der Waals surface area contributed by atoms with E-state index in [-0.39, 0.29) is 17.8 Å². The number of hydrogen-bond acceptors (Lipinski definition) is 6. The van der Waals surface area contributed by atoms with Crippen molar-refractivity contribution in [2.45, 2.75) is 38.8 Å². The van der Waals surface area contributed by atoms with E-state index in [1.807, 2.05) is 0 Å². The molecule has 38 heavy (non-hydrogen) atoms. The van der Waals surface area contributed by atoms with Crippen LogP contribution in [0.3, 0.4) is 0 Å². The molecule has 10 nitrogen and oxygen atoms in total. The highest BCUT2D eigenvalue weighted by Gasteiger charge is 2.55. The van der Waals surface area contributed by atoms with Gasteiger partial charge in [-0.05, 0) is 54.7 Å². The lowest BCUT2D eigenvalue weighted by atomic mass is 9.81. The van der Waals surface area contributed by atoms with E-state index in [1.165, 1.54) is 37.3 Å². The molecule has 0 saturated carbocycles. The maximum Gasteiger partial charge on any atom is 0.325 e. The molecule has 4 amide bonds. The van der Waals surface area contributed by atoms with Gasteiger partial charge in [0.2, 0.25) is 11.9 Å². The van der Waals surface area contributed by atoms with Crippen molar-refractivity contribution < 1.29 is 23.2 Å². The number of carbonyl (C=O) groups excluding carboxylic acids is 3. The number of nitrogen functional groups attached to an aromatic ring is 1. The van der Waals surface area contributed by atoms with Gasteiger partial charge in [-0.15, -0.1) is 0 Å². The first kappa shape index (κ1) is 26.7. The highest BCUT2D eigenvalue weighted by atomic mass is 19.2. The van der Waals surface area contributed by atoms with Crippen LogP contribution in [0.25, 0.3) is 0 Å². The molecule has 1 aromatic carbocycles. The molecule has 3 atom stereocenters. The van der Waals surface area contributed by atoms with Crippen LogP contribution in [0.1, 0.15) is 36.1 Å². The molecule has 1 fully saturated rings. The Kier molecular flexibility index (Phi) is 7.42. The van der Waals surface area contributed by atoms with Gasteiger partial charge in [-0.1, -0.05) is 13.0 Å². The zero-order chi connectivity index (χ0) is 27.7. The molecular formula is C26H29F2N7O3.